The van der Waals surface area contributed by atoms with Crippen LogP contribution in [0.5, 0.6) is 0 Å². The summed E-state index contributed by atoms with van der Waals surface area (Å²) < 4.78 is 5.03. The van der Waals surface area contributed by atoms with Crippen LogP contribution in [0.4, 0.5) is 4.79 Å². The number of amides is 1. The van der Waals surface area contributed by atoms with Gasteiger partial charge in [-0.25, -0.2) is 4.79 Å². The number of piperidine rings is 1. The maximum atomic E-state index is 11.6. The quantitative estimate of drug-likeness (QED) is 0.597. The van der Waals surface area contributed by atoms with Crippen LogP contribution in [0.1, 0.15) is 39.0 Å². The molecule has 1 aliphatic carbocycles. The Labute approximate surface area is 127 Å². The Morgan fingerprint density at radius 3 is 2.57 bits per heavy atom. The molecule has 1 amide bonds. The van der Waals surface area contributed by atoms with Gasteiger partial charge in [0.25, 0.3) is 0 Å². The molecule has 2 N–H and O–H groups in total. The summed E-state index contributed by atoms with van der Waals surface area (Å²) in [5, 5.41) is 6.83. The van der Waals surface area contributed by atoms with Crippen molar-refractivity contribution in [3.8, 4) is 0 Å². The van der Waals surface area contributed by atoms with E-state index in [9.17, 15) is 4.79 Å². The Hall–Kier alpha value is -1.46. The zero-order valence-corrected chi connectivity index (χ0v) is 13.2. The second kappa shape index (κ2) is 8.10. The smallest absolute Gasteiger partial charge is 0.409 e. The molecule has 21 heavy (non-hydrogen) atoms. The van der Waals surface area contributed by atoms with Crippen molar-refractivity contribution in [2.75, 3.05) is 33.3 Å². The number of likely N-dealkylation sites (tertiary alicyclic amines) is 1. The predicted molar refractivity (Wildman–Crippen MR) is 83.5 cm³/mol. The van der Waals surface area contributed by atoms with Crippen LogP contribution in [0, 0.1) is 5.92 Å². The molecule has 1 saturated carbocycles. The highest BCUT2D eigenvalue weighted by atomic mass is 16.6. The van der Waals surface area contributed by atoms with Crippen LogP contribution in [0.3, 0.4) is 0 Å². The molecule has 2 fully saturated rings. The number of nitrogens with zero attached hydrogens (tertiary/aromatic N) is 2. The number of carbonyl (C=O) groups excluding carboxylic acids is 1. The van der Waals surface area contributed by atoms with Crippen molar-refractivity contribution in [2.24, 2.45) is 10.9 Å². The van der Waals surface area contributed by atoms with E-state index in [0.29, 0.717) is 12.6 Å². The fourth-order valence-electron chi connectivity index (χ4n) is 2.61. The molecule has 6 heteroatoms. The lowest BCUT2D eigenvalue weighted by atomic mass is 10.1. The summed E-state index contributed by atoms with van der Waals surface area (Å²) in [6.07, 6.45) is 5.69. The summed E-state index contributed by atoms with van der Waals surface area (Å²) in [5.41, 5.74) is 0. The molecular weight excluding hydrogens is 268 g/mol. The number of nitrogens with one attached hydrogen (secondary N) is 2. The van der Waals surface area contributed by atoms with Crippen LogP contribution < -0.4 is 10.6 Å². The molecule has 120 valence electrons. The highest BCUT2D eigenvalue weighted by molar-refractivity contribution is 5.80. The molecule has 1 heterocycles. The van der Waals surface area contributed by atoms with Gasteiger partial charge in [0.2, 0.25) is 0 Å². The van der Waals surface area contributed by atoms with Gasteiger partial charge in [0.1, 0.15) is 0 Å². The first-order chi connectivity index (χ1) is 10.2. The summed E-state index contributed by atoms with van der Waals surface area (Å²) in [7, 11) is 1.81. The van der Waals surface area contributed by atoms with Crippen LogP contribution in [0.25, 0.3) is 0 Å². The first-order valence-electron chi connectivity index (χ1n) is 8.11. The van der Waals surface area contributed by atoms with Gasteiger partial charge in [0.05, 0.1) is 6.61 Å². The summed E-state index contributed by atoms with van der Waals surface area (Å²) in [4.78, 5) is 17.7. The molecule has 0 aromatic rings. The van der Waals surface area contributed by atoms with Gasteiger partial charge in [0.15, 0.2) is 5.96 Å². The van der Waals surface area contributed by atoms with E-state index in [1.807, 2.05) is 6.92 Å². The van der Waals surface area contributed by atoms with E-state index >= 15 is 0 Å². The van der Waals surface area contributed by atoms with Gasteiger partial charge >= 0.3 is 6.09 Å². The highest BCUT2D eigenvalue weighted by Crippen LogP contribution is 2.31. The van der Waals surface area contributed by atoms with Crippen LogP contribution in [-0.2, 0) is 4.74 Å². The Kier molecular flexibility index (Phi) is 6.14. The highest BCUT2D eigenvalue weighted by Gasteiger charge is 2.24. The van der Waals surface area contributed by atoms with E-state index in [4.69, 9.17) is 4.74 Å². The third-order valence-corrected chi connectivity index (χ3v) is 4.13. The van der Waals surface area contributed by atoms with Crippen LogP contribution in [0.2, 0.25) is 0 Å². The molecule has 0 spiro atoms. The van der Waals surface area contributed by atoms with Crippen molar-refractivity contribution in [3.63, 3.8) is 0 Å². The molecule has 6 nitrogen and oxygen atoms in total. The first-order valence-corrected chi connectivity index (χ1v) is 8.11. The van der Waals surface area contributed by atoms with E-state index in [0.717, 1.165) is 44.4 Å². The predicted octanol–water partition coefficient (Wildman–Crippen LogP) is 1.57. The van der Waals surface area contributed by atoms with E-state index in [-0.39, 0.29) is 6.09 Å². The molecule has 0 bridgehead atoms. The molecular formula is C15H28N4O2. The van der Waals surface area contributed by atoms with Gasteiger partial charge in [-0.3, -0.25) is 4.99 Å². The van der Waals surface area contributed by atoms with E-state index in [2.05, 4.69) is 15.6 Å². The van der Waals surface area contributed by atoms with Gasteiger partial charge in [-0.2, -0.15) is 0 Å². The van der Waals surface area contributed by atoms with E-state index in [1.54, 1.807) is 11.9 Å². The zero-order chi connectivity index (χ0) is 15.1. The van der Waals surface area contributed by atoms with Gasteiger partial charge in [-0.1, -0.05) is 12.8 Å². The minimum Gasteiger partial charge on any atom is -0.450 e. The number of hydrogen-bond acceptors (Lipinski definition) is 3. The summed E-state index contributed by atoms with van der Waals surface area (Å²) in [5.74, 6) is 1.81. The van der Waals surface area contributed by atoms with Crippen LogP contribution in [0.15, 0.2) is 4.99 Å². The maximum absolute atomic E-state index is 11.6. The second-order valence-electron chi connectivity index (χ2n) is 5.84. The molecule has 2 rings (SSSR count). The lowest BCUT2D eigenvalue weighted by Gasteiger charge is -2.32. The van der Waals surface area contributed by atoms with Gasteiger partial charge in [-0.15, -0.1) is 0 Å². The van der Waals surface area contributed by atoms with Crippen molar-refractivity contribution in [1.29, 1.82) is 0 Å². The van der Waals surface area contributed by atoms with Crippen molar-refractivity contribution in [1.82, 2.24) is 15.5 Å². The summed E-state index contributed by atoms with van der Waals surface area (Å²) in [6, 6.07) is 0.378. The van der Waals surface area contributed by atoms with Crippen LogP contribution in [-0.4, -0.2) is 56.3 Å². The topological polar surface area (TPSA) is 66.0 Å². The molecule has 1 saturated heterocycles. The van der Waals surface area contributed by atoms with Crippen molar-refractivity contribution < 1.29 is 9.53 Å². The SMILES string of the molecule is CCOC(=O)N1CCC(NC(=NC)NCCC2CC2)CC1. The Balaban J connectivity index is 1.65. The standard InChI is InChI=1S/C15H28N4O2/c1-3-21-15(20)19-10-7-13(8-11-19)18-14(16-2)17-9-6-12-4-5-12/h12-13H,3-11H2,1-2H3,(H2,16,17,18). The molecule has 0 unspecified atom stereocenters. The van der Waals surface area contributed by atoms with Crippen molar-refractivity contribution in [3.05, 3.63) is 0 Å². The molecule has 2 aliphatic rings. The number of hydrogen-bond donors (Lipinski definition) is 2. The number of rotatable bonds is 5. The Morgan fingerprint density at radius 2 is 2.00 bits per heavy atom. The van der Waals surface area contributed by atoms with Gasteiger partial charge < -0.3 is 20.3 Å². The van der Waals surface area contributed by atoms with Gasteiger partial charge in [-0.05, 0) is 32.1 Å². The second-order valence-corrected chi connectivity index (χ2v) is 5.84. The summed E-state index contributed by atoms with van der Waals surface area (Å²) in [6.45, 7) is 4.76. The lowest BCUT2D eigenvalue weighted by molar-refractivity contribution is 0.0963. The van der Waals surface area contributed by atoms with Crippen molar-refractivity contribution >= 4 is 12.1 Å². The van der Waals surface area contributed by atoms with E-state index in [1.165, 1.54) is 19.3 Å². The number of carbonyl (C=O) groups is 1. The number of ether oxygens (including phenoxy) is 1. The Bertz CT molecular complexity index is 361. The van der Waals surface area contributed by atoms with Crippen molar-refractivity contribution in [2.45, 2.75) is 45.1 Å². The minimum absolute atomic E-state index is 0.192. The number of guanidine groups is 1. The monoisotopic (exact) mass is 296 g/mol. The zero-order valence-electron chi connectivity index (χ0n) is 13.2. The maximum Gasteiger partial charge on any atom is 0.409 e. The first kappa shape index (κ1) is 15.9. The fourth-order valence-corrected chi connectivity index (χ4v) is 2.61. The van der Waals surface area contributed by atoms with Gasteiger partial charge in [0, 0.05) is 32.7 Å². The lowest BCUT2D eigenvalue weighted by Crippen LogP contribution is -2.50. The molecule has 0 atom stereocenters. The molecule has 0 radical (unpaired) electrons. The third kappa shape index (κ3) is 5.44. The average molecular weight is 296 g/mol. The summed E-state index contributed by atoms with van der Waals surface area (Å²) >= 11 is 0. The fraction of sp³-hybridized carbons (Fsp3) is 0.867. The largest absolute Gasteiger partial charge is 0.450 e. The molecule has 0 aromatic heterocycles. The molecule has 0 aromatic carbocycles. The average Bonchev–Trinajstić information content (AvgIpc) is 3.31. The molecule has 1 aliphatic heterocycles. The minimum atomic E-state index is -0.192. The normalized spacial score (nSPS) is 20.3. The Morgan fingerprint density at radius 1 is 1.29 bits per heavy atom. The third-order valence-electron chi connectivity index (χ3n) is 4.13. The number of aliphatic imine (C=N–C) groups is 1. The van der Waals surface area contributed by atoms with E-state index < -0.39 is 0 Å². The van der Waals surface area contributed by atoms with Crippen LogP contribution >= 0.6 is 0 Å².